The third-order valence-corrected chi connectivity index (χ3v) is 4.72. The summed E-state index contributed by atoms with van der Waals surface area (Å²) in [6, 6.07) is 3.63. The standard InChI is InChI=1S/C11H18N4O4S/c1-3-4-7-14(2)20(18,19)11-8-9(13-12)5-6-10(11)15(16)17/h5-6,8,13H,3-4,7,12H2,1-2H3. The van der Waals surface area contributed by atoms with Crippen LogP contribution >= 0.6 is 0 Å². The van der Waals surface area contributed by atoms with E-state index in [-0.39, 0.29) is 10.6 Å². The van der Waals surface area contributed by atoms with Crippen LogP contribution in [0.2, 0.25) is 0 Å². The number of nitrogens with one attached hydrogen (secondary N) is 1. The second-order valence-corrected chi connectivity index (χ2v) is 6.28. The van der Waals surface area contributed by atoms with E-state index in [0.29, 0.717) is 13.0 Å². The molecular weight excluding hydrogens is 284 g/mol. The van der Waals surface area contributed by atoms with E-state index in [0.717, 1.165) is 22.9 Å². The molecule has 3 N–H and O–H groups in total. The number of nitrogens with two attached hydrogens (primary N) is 1. The Morgan fingerprint density at radius 3 is 2.60 bits per heavy atom. The van der Waals surface area contributed by atoms with E-state index in [1.54, 1.807) is 0 Å². The van der Waals surface area contributed by atoms with E-state index in [4.69, 9.17) is 5.84 Å². The Labute approximate surface area is 117 Å². The first-order valence-electron chi connectivity index (χ1n) is 6.06. The Kier molecular flexibility index (Phi) is 5.43. The van der Waals surface area contributed by atoms with Crippen molar-refractivity contribution >= 4 is 21.4 Å². The number of hydrogen-bond donors (Lipinski definition) is 2. The number of nitrogens with zero attached hydrogens (tertiary/aromatic N) is 2. The second-order valence-electron chi connectivity index (χ2n) is 4.26. The molecule has 0 bridgehead atoms. The summed E-state index contributed by atoms with van der Waals surface area (Å²) in [6.45, 7) is 2.23. The molecule has 112 valence electrons. The van der Waals surface area contributed by atoms with Crippen LogP contribution in [0.25, 0.3) is 0 Å². The molecule has 8 nitrogen and oxygen atoms in total. The second kappa shape index (κ2) is 6.64. The Bertz CT molecular complexity index is 588. The van der Waals surface area contributed by atoms with E-state index in [2.05, 4.69) is 5.43 Å². The quantitative estimate of drug-likeness (QED) is 0.445. The minimum atomic E-state index is -3.92. The average Bonchev–Trinajstić information content (AvgIpc) is 2.43. The normalized spacial score (nSPS) is 11.6. The van der Waals surface area contributed by atoms with Crippen LogP contribution in [-0.2, 0) is 10.0 Å². The van der Waals surface area contributed by atoms with Crippen LogP contribution in [0.4, 0.5) is 11.4 Å². The lowest BCUT2D eigenvalue weighted by molar-refractivity contribution is -0.387. The number of nitro benzene ring substituents is 1. The van der Waals surface area contributed by atoms with E-state index in [1.165, 1.54) is 13.1 Å². The van der Waals surface area contributed by atoms with E-state index < -0.39 is 20.6 Å². The summed E-state index contributed by atoms with van der Waals surface area (Å²) in [6.07, 6.45) is 1.50. The molecule has 9 heteroatoms. The van der Waals surface area contributed by atoms with E-state index in [1.807, 2.05) is 6.92 Å². The van der Waals surface area contributed by atoms with Gasteiger partial charge in [-0.05, 0) is 18.6 Å². The molecule has 0 unspecified atom stereocenters. The Hall–Kier alpha value is -1.71. The predicted octanol–water partition coefficient (Wildman–Crippen LogP) is 1.30. The van der Waals surface area contributed by atoms with Crippen molar-refractivity contribution < 1.29 is 13.3 Å². The summed E-state index contributed by atoms with van der Waals surface area (Å²) in [4.78, 5) is 9.89. The van der Waals surface area contributed by atoms with Crippen molar-refractivity contribution in [2.24, 2.45) is 5.84 Å². The van der Waals surface area contributed by atoms with Gasteiger partial charge in [0.25, 0.3) is 5.69 Å². The summed E-state index contributed by atoms with van der Waals surface area (Å²) in [5, 5.41) is 11.0. The van der Waals surface area contributed by atoms with Crippen molar-refractivity contribution in [1.82, 2.24) is 4.31 Å². The Balaban J connectivity index is 3.31. The lowest BCUT2D eigenvalue weighted by Crippen LogP contribution is -2.28. The highest BCUT2D eigenvalue weighted by Crippen LogP contribution is 2.28. The van der Waals surface area contributed by atoms with Crippen molar-refractivity contribution in [3.05, 3.63) is 28.3 Å². The molecule has 0 saturated carbocycles. The Morgan fingerprint density at radius 2 is 2.10 bits per heavy atom. The highest BCUT2D eigenvalue weighted by atomic mass is 32.2. The molecule has 0 spiro atoms. The molecular formula is C11H18N4O4S. The van der Waals surface area contributed by atoms with Crippen LogP contribution in [0.3, 0.4) is 0 Å². The number of sulfonamides is 1. The van der Waals surface area contributed by atoms with Crippen LogP contribution in [0.5, 0.6) is 0 Å². The van der Waals surface area contributed by atoms with Gasteiger partial charge in [0.1, 0.15) is 0 Å². The maximum atomic E-state index is 12.4. The van der Waals surface area contributed by atoms with Gasteiger partial charge in [-0.1, -0.05) is 13.3 Å². The smallest absolute Gasteiger partial charge is 0.289 e. The molecule has 0 atom stereocenters. The topological polar surface area (TPSA) is 119 Å². The molecule has 0 aliphatic heterocycles. The SMILES string of the molecule is CCCCN(C)S(=O)(=O)c1cc(NN)ccc1[N+](=O)[O-]. The minimum Gasteiger partial charge on any atom is -0.324 e. The van der Waals surface area contributed by atoms with Crippen LogP contribution in [0.15, 0.2) is 23.1 Å². The van der Waals surface area contributed by atoms with Gasteiger partial charge >= 0.3 is 0 Å². The molecule has 20 heavy (non-hydrogen) atoms. The van der Waals surface area contributed by atoms with Gasteiger partial charge < -0.3 is 5.43 Å². The number of nitro groups is 1. The average molecular weight is 302 g/mol. The molecule has 0 amide bonds. The predicted molar refractivity (Wildman–Crippen MR) is 75.6 cm³/mol. The first-order valence-corrected chi connectivity index (χ1v) is 7.50. The van der Waals surface area contributed by atoms with Gasteiger partial charge in [0.05, 0.1) is 10.6 Å². The third kappa shape index (κ3) is 3.44. The summed E-state index contributed by atoms with van der Waals surface area (Å²) in [7, 11) is -2.52. The monoisotopic (exact) mass is 302 g/mol. The van der Waals surface area contributed by atoms with Crippen LogP contribution in [-0.4, -0.2) is 31.2 Å². The van der Waals surface area contributed by atoms with Gasteiger partial charge in [0.2, 0.25) is 10.0 Å². The van der Waals surface area contributed by atoms with Crippen molar-refractivity contribution in [3.63, 3.8) is 0 Å². The first-order chi connectivity index (χ1) is 9.34. The molecule has 0 radical (unpaired) electrons. The van der Waals surface area contributed by atoms with Crippen molar-refractivity contribution in [1.29, 1.82) is 0 Å². The van der Waals surface area contributed by atoms with Gasteiger partial charge in [-0.2, -0.15) is 0 Å². The van der Waals surface area contributed by atoms with Crippen molar-refractivity contribution in [3.8, 4) is 0 Å². The molecule has 0 fully saturated rings. The number of hydrogen-bond acceptors (Lipinski definition) is 6. The largest absolute Gasteiger partial charge is 0.324 e. The zero-order valence-electron chi connectivity index (χ0n) is 11.4. The summed E-state index contributed by atoms with van der Waals surface area (Å²) >= 11 is 0. The number of unbranched alkanes of at least 4 members (excludes halogenated alkanes) is 1. The maximum Gasteiger partial charge on any atom is 0.289 e. The van der Waals surface area contributed by atoms with Gasteiger partial charge in [-0.3, -0.25) is 16.0 Å². The lowest BCUT2D eigenvalue weighted by Gasteiger charge is -2.17. The highest BCUT2D eigenvalue weighted by molar-refractivity contribution is 7.89. The van der Waals surface area contributed by atoms with Crippen molar-refractivity contribution in [2.75, 3.05) is 19.0 Å². The fourth-order valence-electron chi connectivity index (χ4n) is 1.63. The van der Waals surface area contributed by atoms with Crippen molar-refractivity contribution in [2.45, 2.75) is 24.7 Å². The minimum absolute atomic E-state index is 0.290. The summed E-state index contributed by atoms with van der Waals surface area (Å²) in [5.74, 6) is 5.22. The van der Waals surface area contributed by atoms with E-state index >= 15 is 0 Å². The zero-order chi connectivity index (χ0) is 15.3. The molecule has 1 aromatic carbocycles. The number of benzene rings is 1. The first kappa shape index (κ1) is 16.3. The molecule has 0 heterocycles. The molecule has 0 saturated heterocycles. The number of anilines is 1. The number of rotatable bonds is 7. The molecule has 1 rings (SSSR count). The number of hydrazine groups is 1. The Morgan fingerprint density at radius 1 is 1.45 bits per heavy atom. The van der Waals surface area contributed by atoms with Gasteiger partial charge in [-0.25, -0.2) is 12.7 Å². The lowest BCUT2D eigenvalue weighted by atomic mass is 10.3. The number of nitrogen functional groups attached to an aromatic ring is 1. The summed E-state index contributed by atoms with van der Waals surface area (Å²) in [5.41, 5.74) is 2.11. The summed E-state index contributed by atoms with van der Waals surface area (Å²) < 4.78 is 25.9. The van der Waals surface area contributed by atoms with Gasteiger partial charge in [-0.15, -0.1) is 0 Å². The van der Waals surface area contributed by atoms with Crippen LogP contribution < -0.4 is 11.3 Å². The van der Waals surface area contributed by atoms with E-state index in [9.17, 15) is 18.5 Å². The molecule has 0 aliphatic rings. The maximum absolute atomic E-state index is 12.4. The fraction of sp³-hybridized carbons (Fsp3) is 0.455. The highest BCUT2D eigenvalue weighted by Gasteiger charge is 2.29. The zero-order valence-corrected chi connectivity index (χ0v) is 12.2. The molecule has 1 aromatic rings. The van der Waals surface area contributed by atoms with Crippen LogP contribution in [0.1, 0.15) is 19.8 Å². The fourth-order valence-corrected chi connectivity index (χ4v) is 3.02. The van der Waals surface area contributed by atoms with Gasteiger partial charge in [0.15, 0.2) is 4.90 Å². The molecule has 0 aromatic heterocycles. The van der Waals surface area contributed by atoms with Gasteiger partial charge in [0, 0.05) is 19.7 Å². The van der Waals surface area contributed by atoms with Crippen LogP contribution in [0, 0.1) is 10.1 Å². The third-order valence-electron chi connectivity index (χ3n) is 2.84. The molecule has 0 aliphatic carbocycles.